The first-order chi connectivity index (χ1) is 5.16. The molecule has 1 atom stereocenters. The molecular formula is C8H14BrFO. The van der Waals surface area contributed by atoms with Crippen molar-refractivity contribution in [1.29, 1.82) is 0 Å². The lowest BCUT2D eigenvalue weighted by atomic mass is 10.1. The van der Waals surface area contributed by atoms with Gasteiger partial charge in [0.05, 0.1) is 0 Å². The number of ketones is 1. The van der Waals surface area contributed by atoms with E-state index in [1.165, 1.54) is 6.92 Å². The predicted molar refractivity (Wildman–Crippen MR) is 47.8 cm³/mol. The Labute approximate surface area is 75.5 Å². The molecule has 0 saturated carbocycles. The molecule has 0 amide bonds. The maximum absolute atomic E-state index is 12.8. The molecule has 0 aliphatic heterocycles. The molecule has 0 spiro atoms. The minimum absolute atomic E-state index is 0.0755. The Bertz CT molecular complexity index is 117. The van der Waals surface area contributed by atoms with Crippen molar-refractivity contribution in [2.45, 2.75) is 38.8 Å². The summed E-state index contributed by atoms with van der Waals surface area (Å²) in [6, 6.07) is 0. The fourth-order valence-corrected chi connectivity index (χ4v) is 1.13. The van der Waals surface area contributed by atoms with E-state index in [0.29, 0.717) is 19.3 Å². The largest absolute Gasteiger partial charge is 0.300 e. The third kappa shape index (κ3) is 7.98. The third-order valence-corrected chi connectivity index (χ3v) is 2.02. The van der Waals surface area contributed by atoms with E-state index in [0.717, 1.165) is 11.8 Å². The van der Waals surface area contributed by atoms with Crippen molar-refractivity contribution in [3.05, 3.63) is 0 Å². The van der Waals surface area contributed by atoms with Crippen molar-refractivity contribution < 1.29 is 9.18 Å². The average molecular weight is 225 g/mol. The molecule has 0 aromatic rings. The highest BCUT2D eigenvalue weighted by Gasteiger charge is 2.06. The van der Waals surface area contributed by atoms with Crippen molar-refractivity contribution in [3.8, 4) is 0 Å². The van der Waals surface area contributed by atoms with Gasteiger partial charge in [-0.2, -0.15) is 0 Å². The Kier molecular flexibility index (Phi) is 6.82. The molecule has 66 valence electrons. The topological polar surface area (TPSA) is 17.1 Å². The Morgan fingerprint density at radius 2 is 2.18 bits per heavy atom. The average Bonchev–Trinajstić information content (AvgIpc) is 1.97. The molecule has 0 aliphatic rings. The second kappa shape index (κ2) is 6.77. The molecule has 11 heavy (non-hydrogen) atoms. The summed E-state index contributed by atoms with van der Waals surface area (Å²) >= 11 is 3.22. The molecule has 0 aromatic carbocycles. The first-order valence-corrected chi connectivity index (χ1v) is 4.98. The van der Waals surface area contributed by atoms with Gasteiger partial charge in [0.1, 0.15) is 12.0 Å². The van der Waals surface area contributed by atoms with Crippen molar-refractivity contribution in [2.24, 2.45) is 0 Å². The van der Waals surface area contributed by atoms with Gasteiger partial charge in [0.2, 0.25) is 0 Å². The Hall–Kier alpha value is 0.0800. The van der Waals surface area contributed by atoms with Crippen LogP contribution in [0, 0.1) is 0 Å². The molecule has 0 aromatic heterocycles. The molecule has 0 aliphatic carbocycles. The van der Waals surface area contributed by atoms with Gasteiger partial charge in [-0.15, -0.1) is 0 Å². The van der Waals surface area contributed by atoms with Gasteiger partial charge in [0.15, 0.2) is 0 Å². The zero-order valence-corrected chi connectivity index (χ0v) is 8.36. The Morgan fingerprint density at radius 3 is 2.64 bits per heavy atom. The summed E-state index contributed by atoms with van der Waals surface area (Å²) < 4.78 is 12.8. The van der Waals surface area contributed by atoms with Gasteiger partial charge < -0.3 is 4.79 Å². The minimum atomic E-state index is -0.795. The predicted octanol–water partition coefficient (Wildman–Crippen LogP) is 2.87. The van der Waals surface area contributed by atoms with Crippen molar-refractivity contribution in [1.82, 2.24) is 0 Å². The van der Waals surface area contributed by atoms with Crippen LogP contribution >= 0.6 is 15.9 Å². The summed E-state index contributed by atoms with van der Waals surface area (Å²) in [7, 11) is 0. The van der Waals surface area contributed by atoms with Gasteiger partial charge in [-0.25, -0.2) is 4.39 Å². The minimum Gasteiger partial charge on any atom is -0.300 e. The quantitative estimate of drug-likeness (QED) is 0.635. The highest BCUT2D eigenvalue weighted by Crippen LogP contribution is 2.10. The summed E-state index contributed by atoms with van der Waals surface area (Å²) in [5.74, 6) is 0.0755. The first kappa shape index (κ1) is 11.1. The monoisotopic (exact) mass is 224 g/mol. The molecule has 0 saturated heterocycles. The van der Waals surface area contributed by atoms with Gasteiger partial charge >= 0.3 is 0 Å². The molecule has 0 radical (unpaired) electrons. The molecule has 1 nitrogen and oxygen atoms in total. The molecule has 0 N–H and O–H groups in total. The third-order valence-electron chi connectivity index (χ3n) is 1.46. The SMILES string of the molecule is CC(=O)CCC(F)CCCBr. The molecule has 0 bridgehead atoms. The smallest absolute Gasteiger partial charge is 0.129 e. The highest BCUT2D eigenvalue weighted by molar-refractivity contribution is 9.09. The number of hydrogen-bond donors (Lipinski definition) is 0. The van der Waals surface area contributed by atoms with E-state index in [9.17, 15) is 9.18 Å². The number of rotatable bonds is 6. The molecule has 0 fully saturated rings. The normalized spacial score (nSPS) is 13.0. The number of alkyl halides is 2. The van der Waals surface area contributed by atoms with E-state index in [1.807, 2.05) is 0 Å². The lowest BCUT2D eigenvalue weighted by Crippen LogP contribution is -2.03. The zero-order valence-electron chi connectivity index (χ0n) is 6.78. The van der Waals surface area contributed by atoms with Crippen LogP contribution < -0.4 is 0 Å². The van der Waals surface area contributed by atoms with Crippen molar-refractivity contribution in [2.75, 3.05) is 5.33 Å². The van der Waals surface area contributed by atoms with Gasteiger partial charge in [-0.05, 0) is 26.2 Å². The summed E-state index contributed by atoms with van der Waals surface area (Å²) in [6.07, 6.45) is 1.39. The highest BCUT2D eigenvalue weighted by atomic mass is 79.9. The van der Waals surface area contributed by atoms with Crippen LogP contribution in [0.2, 0.25) is 0 Å². The summed E-state index contributed by atoms with van der Waals surface area (Å²) in [5.41, 5.74) is 0. The van der Waals surface area contributed by atoms with Crippen LogP contribution in [-0.4, -0.2) is 17.3 Å². The van der Waals surface area contributed by atoms with Gasteiger partial charge in [-0.1, -0.05) is 15.9 Å². The van der Waals surface area contributed by atoms with Crippen molar-refractivity contribution in [3.63, 3.8) is 0 Å². The van der Waals surface area contributed by atoms with E-state index in [4.69, 9.17) is 0 Å². The molecule has 0 heterocycles. The van der Waals surface area contributed by atoms with E-state index in [1.54, 1.807) is 0 Å². The summed E-state index contributed by atoms with van der Waals surface area (Å²) in [6.45, 7) is 1.50. The summed E-state index contributed by atoms with van der Waals surface area (Å²) in [5, 5.41) is 0.841. The number of hydrogen-bond acceptors (Lipinski definition) is 1. The maximum Gasteiger partial charge on any atom is 0.129 e. The first-order valence-electron chi connectivity index (χ1n) is 3.86. The fourth-order valence-electron chi connectivity index (χ4n) is 0.803. The number of carbonyl (C=O) groups is 1. The molecule has 1 unspecified atom stereocenters. The number of Topliss-reactive ketones (excluding diaryl/α,β-unsaturated/α-hetero) is 1. The second-order valence-corrected chi connectivity index (χ2v) is 3.46. The van der Waals surface area contributed by atoms with E-state index >= 15 is 0 Å². The van der Waals surface area contributed by atoms with Crippen molar-refractivity contribution >= 4 is 21.7 Å². The van der Waals surface area contributed by atoms with Crippen LogP contribution in [0.4, 0.5) is 4.39 Å². The van der Waals surface area contributed by atoms with Gasteiger partial charge in [0.25, 0.3) is 0 Å². The molecule has 3 heteroatoms. The second-order valence-electron chi connectivity index (χ2n) is 2.67. The van der Waals surface area contributed by atoms with Crippen LogP contribution in [0.15, 0.2) is 0 Å². The lowest BCUT2D eigenvalue weighted by Gasteiger charge is -2.04. The van der Waals surface area contributed by atoms with Gasteiger partial charge in [-0.3, -0.25) is 0 Å². The molecular weight excluding hydrogens is 211 g/mol. The van der Waals surface area contributed by atoms with Crippen LogP contribution in [-0.2, 0) is 4.79 Å². The van der Waals surface area contributed by atoms with Crippen LogP contribution in [0.3, 0.4) is 0 Å². The van der Waals surface area contributed by atoms with E-state index in [-0.39, 0.29) is 5.78 Å². The van der Waals surface area contributed by atoms with E-state index < -0.39 is 6.17 Å². The maximum atomic E-state index is 12.8. The lowest BCUT2D eigenvalue weighted by molar-refractivity contribution is -0.117. The summed E-state index contributed by atoms with van der Waals surface area (Å²) in [4.78, 5) is 10.4. The number of carbonyl (C=O) groups excluding carboxylic acids is 1. The number of halogens is 2. The van der Waals surface area contributed by atoms with Crippen LogP contribution in [0.25, 0.3) is 0 Å². The van der Waals surface area contributed by atoms with E-state index in [2.05, 4.69) is 15.9 Å². The molecule has 0 rings (SSSR count). The Morgan fingerprint density at radius 1 is 1.55 bits per heavy atom. The van der Waals surface area contributed by atoms with Gasteiger partial charge in [0, 0.05) is 11.8 Å². The van der Waals surface area contributed by atoms with Crippen LogP contribution in [0.5, 0.6) is 0 Å². The fraction of sp³-hybridized carbons (Fsp3) is 0.875. The van der Waals surface area contributed by atoms with Crippen LogP contribution in [0.1, 0.15) is 32.6 Å². The standard InChI is InChI=1S/C8H14BrFO/c1-7(11)4-5-8(10)3-2-6-9/h8H,2-6H2,1H3. The Balaban J connectivity index is 3.22. The zero-order chi connectivity index (χ0) is 8.69.